The van der Waals surface area contributed by atoms with E-state index >= 15 is 0 Å². The molecule has 1 aromatic heterocycles. The van der Waals surface area contributed by atoms with Crippen LogP contribution in [0.5, 0.6) is 0 Å². The summed E-state index contributed by atoms with van der Waals surface area (Å²) in [6, 6.07) is -0.372. The predicted molar refractivity (Wildman–Crippen MR) is 56.4 cm³/mol. The Hall–Kier alpha value is -2.06. The molecule has 88 valence electrons. The Kier molecular flexibility index (Phi) is 3.86. The molecule has 1 rings (SSSR count). The van der Waals surface area contributed by atoms with Crippen molar-refractivity contribution in [3.63, 3.8) is 0 Å². The van der Waals surface area contributed by atoms with E-state index in [2.05, 4.69) is 25.7 Å². The van der Waals surface area contributed by atoms with Gasteiger partial charge in [-0.2, -0.15) is 0 Å². The highest BCUT2D eigenvalue weighted by atomic mass is 16.7. The molecule has 16 heavy (non-hydrogen) atoms. The largest absolute Gasteiger partial charge is 0.352 e. The molecule has 0 radical (unpaired) electrons. The van der Waals surface area contributed by atoms with Gasteiger partial charge in [-0.25, -0.2) is 10.1 Å². The monoisotopic (exact) mass is 227 g/mol. The first-order valence-corrected chi connectivity index (χ1v) is 4.81. The van der Waals surface area contributed by atoms with Crippen LogP contribution in [0.2, 0.25) is 0 Å². The molecule has 0 aliphatic rings. The molecule has 1 N–H and O–H groups in total. The summed E-state index contributed by atoms with van der Waals surface area (Å²) in [5.41, 5.74) is 0. The number of nitro groups is 1. The molecule has 0 aliphatic carbocycles. The molecule has 9 nitrogen and oxygen atoms in total. The lowest BCUT2D eigenvalue weighted by atomic mass is 10.4. The van der Waals surface area contributed by atoms with Crippen LogP contribution < -0.4 is 10.3 Å². The standard InChI is InChI=1S/C7H13N7O2/c1-4-8-6-9-11-7(12-10-6)13(5(2)3)14(15)16/h5H,4H2,1-3H3,(H,8,9,10). The second-order valence-electron chi connectivity index (χ2n) is 3.23. The first-order chi connectivity index (χ1) is 7.56. The van der Waals surface area contributed by atoms with Gasteiger partial charge in [-0.05, 0) is 20.8 Å². The molecule has 0 spiro atoms. The maximum Gasteiger partial charge on any atom is 0.326 e. The average molecular weight is 227 g/mol. The van der Waals surface area contributed by atoms with E-state index in [1.807, 2.05) is 6.92 Å². The quantitative estimate of drug-likeness (QED) is 0.557. The highest BCUT2D eigenvalue weighted by Gasteiger charge is 2.25. The SMILES string of the molecule is CCNc1nnc(N(C(C)C)[N+](=O)[O-])nn1. The third-order valence-electron chi connectivity index (χ3n) is 1.67. The van der Waals surface area contributed by atoms with E-state index in [9.17, 15) is 10.1 Å². The van der Waals surface area contributed by atoms with Crippen LogP contribution in [0, 0.1) is 10.1 Å². The summed E-state index contributed by atoms with van der Waals surface area (Å²) in [5.74, 6) is 0.125. The third kappa shape index (κ3) is 2.72. The van der Waals surface area contributed by atoms with Crippen LogP contribution in [0.15, 0.2) is 0 Å². The normalized spacial score (nSPS) is 10.2. The molecular weight excluding hydrogens is 214 g/mol. The fourth-order valence-corrected chi connectivity index (χ4v) is 1.04. The minimum atomic E-state index is -0.587. The van der Waals surface area contributed by atoms with E-state index in [1.54, 1.807) is 13.8 Å². The van der Waals surface area contributed by atoms with Gasteiger partial charge in [-0.3, -0.25) is 0 Å². The number of nitrogens with one attached hydrogen (secondary N) is 1. The summed E-state index contributed by atoms with van der Waals surface area (Å²) >= 11 is 0. The lowest BCUT2D eigenvalue weighted by molar-refractivity contribution is -0.500. The summed E-state index contributed by atoms with van der Waals surface area (Å²) in [4.78, 5) is 10.7. The fourth-order valence-electron chi connectivity index (χ4n) is 1.04. The van der Waals surface area contributed by atoms with Gasteiger partial charge in [-0.15, -0.1) is 20.4 Å². The van der Waals surface area contributed by atoms with Gasteiger partial charge in [0.2, 0.25) is 0 Å². The number of anilines is 2. The molecule has 0 fully saturated rings. The summed E-state index contributed by atoms with van der Waals surface area (Å²) in [6.45, 7) is 5.81. The minimum Gasteiger partial charge on any atom is -0.352 e. The molecule has 0 saturated carbocycles. The van der Waals surface area contributed by atoms with Gasteiger partial charge in [0.15, 0.2) is 5.03 Å². The Labute approximate surface area is 92.0 Å². The average Bonchev–Trinajstić information content (AvgIpc) is 2.20. The van der Waals surface area contributed by atoms with Crippen LogP contribution >= 0.6 is 0 Å². The van der Waals surface area contributed by atoms with E-state index in [0.717, 1.165) is 5.01 Å². The number of hydrogen-bond acceptors (Lipinski definition) is 7. The Morgan fingerprint density at radius 1 is 1.38 bits per heavy atom. The van der Waals surface area contributed by atoms with Crippen molar-refractivity contribution in [3.8, 4) is 0 Å². The first-order valence-electron chi connectivity index (χ1n) is 4.81. The van der Waals surface area contributed by atoms with Gasteiger partial charge < -0.3 is 5.32 Å². The van der Waals surface area contributed by atoms with Crippen molar-refractivity contribution < 1.29 is 5.03 Å². The first kappa shape index (κ1) is 12.0. The number of nitrogens with zero attached hydrogens (tertiary/aromatic N) is 6. The second-order valence-corrected chi connectivity index (χ2v) is 3.23. The summed E-state index contributed by atoms with van der Waals surface area (Å²) in [6.07, 6.45) is 0. The minimum absolute atomic E-state index is 0.123. The van der Waals surface area contributed by atoms with Gasteiger partial charge in [-0.1, -0.05) is 5.01 Å². The lowest BCUT2D eigenvalue weighted by Crippen LogP contribution is -2.38. The van der Waals surface area contributed by atoms with E-state index in [-0.39, 0.29) is 17.9 Å². The van der Waals surface area contributed by atoms with E-state index in [1.165, 1.54) is 0 Å². The molecule has 1 heterocycles. The van der Waals surface area contributed by atoms with Crippen molar-refractivity contribution in [2.24, 2.45) is 0 Å². The molecule has 1 aromatic rings. The Morgan fingerprint density at radius 2 is 1.94 bits per heavy atom. The number of rotatable bonds is 5. The van der Waals surface area contributed by atoms with Crippen LogP contribution in [0.25, 0.3) is 0 Å². The van der Waals surface area contributed by atoms with Crippen molar-refractivity contribution >= 4 is 11.9 Å². The van der Waals surface area contributed by atoms with Crippen LogP contribution in [0.3, 0.4) is 0 Å². The van der Waals surface area contributed by atoms with Crippen LogP contribution in [0.1, 0.15) is 20.8 Å². The second kappa shape index (κ2) is 5.14. The number of aromatic nitrogens is 4. The smallest absolute Gasteiger partial charge is 0.326 e. The Balaban J connectivity index is 2.90. The summed E-state index contributed by atoms with van der Waals surface area (Å²) < 4.78 is 0. The predicted octanol–water partition coefficient (Wildman–Crippen LogP) is 0.105. The van der Waals surface area contributed by atoms with Crippen LogP contribution in [-0.4, -0.2) is 38.0 Å². The fraction of sp³-hybridized carbons (Fsp3) is 0.714. The number of hydrazine groups is 1. The summed E-state index contributed by atoms with van der Waals surface area (Å²) in [5, 5.41) is 28.4. The zero-order valence-electron chi connectivity index (χ0n) is 9.28. The van der Waals surface area contributed by atoms with Crippen LogP contribution in [0.4, 0.5) is 11.9 Å². The third-order valence-corrected chi connectivity index (χ3v) is 1.67. The van der Waals surface area contributed by atoms with E-state index in [4.69, 9.17) is 0 Å². The zero-order valence-corrected chi connectivity index (χ0v) is 9.28. The summed E-state index contributed by atoms with van der Waals surface area (Å²) in [7, 11) is 0. The lowest BCUT2D eigenvalue weighted by Gasteiger charge is -2.14. The molecule has 0 atom stereocenters. The zero-order chi connectivity index (χ0) is 12.1. The molecule has 0 saturated heterocycles. The van der Waals surface area contributed by atoms with Crippen molar-refractivity contribution in [3.05, 3.63) is 10.1 Å². The molecule has 0 aliphatic heterocycles. The Morgan fingerprint density at radius 3 is 2.31 bits per heavy atom. The van der Waals surface area contributed by atoms with Gasteiger partial charge >= 0.3 is 5.95 Å². The van der Waals surface area contributed by atoms with Crippen molar-refractivity contribution in [2.75, 3.05) is 16.9 Å². The van der Waals surface area contributed by atoms with Crippen molar-refractivity contribution in [2.45, 2.75) is 26.8 Å². The van der Waals surface area contributed by atoms with Gasteiger partial charge in [0, 0.05) is 6.54 Å². The molecule has 0 unspecified atom stereocenters. The highest BCUT2D eigenvalue weighted by molar-refractivity contribution is 5.26. The molecule has 0 amide bonds. The molecular formula is C7H13N7O2. The molecule has 9 heteroatoms. The Bertz CT molecular complexity index is 352. The maximum absolute atomic E-state index is 10.7. The van der Waals surface area contributed by atoms with Gasteiger partial charge in [0.25, 0.3) is 5.95 Å². The number of hydrogen-bond donors (Lipinski definition) is 1. The van der Waals surface area contributed by atoms with Crippen molar-refractivity contribution in [1.29, 1.82) is 0 Å². The topological polar surface area (TPSA) is 110 Å². The van der Waals surface area contributed by atoms with E-state index in [0.29, 0.717) is 6.54 Å². The van der Waals surface area contributed by atoms with Crippen LogP contribution in [-0.2, 0) is 0 Å². The van der Waals surface area contributed by atoms with E-state index < -0.39 is 5.03 Å². The van der Waals surface area contributed by atoms with Gasteiger partial charge in [0.1, 0.15) is 0 Å². The molecule has 0 bridgehead atoms. The van der Waals surface area contributed by atoms with Crippen molar-refractivity contribution in [1.82, 2.24) is 20.4 Å². The maximum atomic E-state index is 10.7. The van der Waals surface area contributed by atoms with Gasteiger partial charge in [0.05, 0.1) is 6.04 Å². The molecule has 0 aromatic carbocycles. The highest BCUT2D eigenvalue weighted by Crippen LogP contribution is 2.08.